The van der Waals surface area contributed by atoms with Gasteiger partial charge in [0, 0.05) is 20.6 Å². The topological polar surface area (TPSA) is 107 Å². The van der Waals surface area contributed by atoms with Crippen molar-refractivity contribution in [3.63, 3.8) is 0 Å². The Hall–Kier alpha value is -1.37. The van der Waals surface area contributed by atoms with Gasteiger partial charge in [-0.05, 0) is 43.5 Å². The molecule has 1 aliphatic rings. The first-order valence-electron chi connectivity index (χ1n) is 9.29. The number of halogens is 1. The maximum absolute atomic E-state index is 13.0. The Morgan fingerprint density at radius 2 is 1.87 bits per heavy atom. The second kappa shape index (κ2) is 9.01. The van der Waals surface area contributed by atoms with Crippen LogP contribution < -0.4 is 9.62 Å². The van der Waals surface area contributed by atoms with Crippen molar-refractivity contribution in [1.29, 1.82) is 0 Å². The highest BCUT2D eigenvalue weighted by Gasteiger charge is 2.29. The fraction of sp³-hybridized carbons (Fsp3) is 0.444. The minimum absolute atomic E-state index is 0.0597. The van der Waals surface area contributed by atoms with Gasteiger partial charge in [0.1, 0.15) is 8.42 Å². The molecule has 2 N–H and O–H groups in total. The van der Waals surface area contributed by atoms with Crippen molar-refractivity contribution in [2.75, 3.05) is 36.9 Å². The molecule has 1 aromatic carbocycles. The van der Waals surface area contributed by atoms with Crippen LogP contribution in [0.1, 0.15) is 19.3 Å². The number of piperidine rings is 1. The van der Waals surface area contributed by atoms with E-state index in [-0.39, 0.29) is 26.8 Å². The third-order valence-electron chi connectivity index (χ3n) is 4.91. The standard InChI is InChI=1S/C18H24ClN3O5S3/c1-21(2)30(26,27)17-10-9-16(28-17)29(24,25)20-15-8-5-7-14(19)18(15)22-11-4-3-6-13(22)12-23/h5,7-10,13,20,23H,3-4,6,11-12H2,1-2H3. The molecule has 2 aromatic rings. The highest BCUT2D eigenvalue weighted by Crippen LogP contribution is 2.39. The first-order chi connectivity index (χ1) is 14.1. The van der Waals surface area contributed by atoms with Crippen molar-refractivity contribution < 1.29 is 21.9 Å². The lowest BCUT2D eigenvalue weighted by Crippen LogP contribution is -2.42. The van der Waals surface area contributed by atoms with E-state index in [9.17, 15) is 21.9 Å². The van der Waals surface area contributed by atoms with Crippen LogP contribution in [0.3, 0.4) is 0 Å². The largest absolute Gasteiger partial charge is 0.394 e. The van der Waals surface area contributed by atoms with Crippen molar-refractivity contribution in [1.82, 2.24) is 4.31 Å². The number of sulfonamides is 2. The summed E-state index contributed by atoms with van der Waals surface area (Å²) in [7, 11) is -5.00. The van der Waals surface area contributed by atoms with E-state index in [0.717, 1.165) is 23.6 Å². The quantitative estimate of drug-likeness (QED) is 0.614. The third-order valence-corrected chi connectivity index (χ3v) is 10.4. The number of para-hydroxylation sites is 1. The fourth-order valence-corrected chi connectivity index (χ4v) is 7.62. The van der Waals surface area contributed by atoms with Crippen LogP contribution >= 0.6 is 22.9 Å². The SMILES string of the molecule is CN(C)S(=O)(=O)c1ccc(S(=O)(=O)Nc2cccc(Cl)c2N2CCCCC2CO)s1. The number of aliphatic hydroxyl groups is 1. The lowest BCUT2D eigenvalue weighted by Gasteiger charge is -2.38. The Kier molecular flexibility index (Phi) is 7.00. The molecule has 3 rings (SSSR count). The molecule has 1 aromatic heterocycles. The average molecular weight is 494 g/mol. The number of hydrogen-bond donors (Lipinski definition) is 2. The zero-order valence-electron chi connectivity index (χ0n) is 16.6. The Labute approximate surface area is 186 Å². The second-order valence-corrected chi connectivity index (χ2v) is 12.9. The van der Waals surface area contributed by atoms with Crippen LogP contribution in [-0.4, -0.2) is 59.5 Å². The van der Waals surface area contributed by atoms with Crippen LogP contribution in [0.25, 0.3) is 0 Å². The van der Waals surface area contributed by atoms with Crippen molar-refractivity contribution in [3.05, 3.63) is 35.4 Å². The molecule has 0 spiro atoms. The maximum Gasteiger partial charge on any atom is 0.271 e. The van der Waals surface area contributed by atoms with Gasteiger partial charge < -0.3 is 10.0 Å². The van der Waals surface area contributed by atoms with Crippen LogP contribution in [0.15, 0.2) is 38.8 Å². The normalized spacial score (nSPS) is 18.0. The van der Waals surface area contributed by atoms with E-state index < -0.39 is 20.0 Å². The van der Waals surface area contributed by atoms with Crippen LogP contribution in [0.4, 0.5) is 11.4 Å². The highest BCUT2D eigenvalue weighted by atomic mass is 35.5. The van der Waals surface area contributed by atoms with Crippen LogP contribution in [0.5, 0.6) is 0 Å². The molecular weight excluding hydrogens is 470 g/mol. The third kappa shape index (κ3) is 4.61. The number of aliphatic hydroxyl groups excluding tert-OH is 1. The summed E-state index contributed by atoms with van der Waals surface area (Å²) in [5.74, 6) is 0. The smallest absolute Gasteiger partial charge is 0.271 e. The number of anilines is 2. The minimum atomic E-state index is -4.04. The monoisotopic (exact) mass is 493 g/mol. The van der Waals surface area contributed by atoms with Gasteiger partial charge in [-0.2, -0.15) is 0 Å². The fourth-order valence-electron chi connectivity index (χ4n) is 3.34. The summed E-state index contributed by atoms with van der Waals surface area (Å²) < 4.78 is 53.9. The molecule has 30 heavy (non-hydrogen) atoms. The molecule has 0 bridgehead atoms. The van der Waals surface area contributed by atoms with Crippen molar-refractivity contribution in [3.8, 4) is 0 Å². The summed E-state index contributed by atoms with van der Waals surface area (Å²) in [5.41, 5.74) is 0.799. The molecular formula is C18H24ClN3O5S3. The zero-order chi connectivity index (χ0) is 22.1. The first kappa shape index (κ1) is 23.3. The molecule has 0 aliphatic carbocycles. The molecule has 1 atom stereocenters. The van der Waals surface area contributed by atoms with E-state index in [0.29, 0.717) is 28.6 Å². The van der Waals surface area contributed by atoms with E-state index in [4.69, 9.17) is 11.6 Å². The number of nitrogens with one attached hydrogen (secondary N) is 1. The van der Waals surface area contributed by atoms with Gasteiger partial charge in [-0.25, -0.2) is 21.1 Å². The Morgan fingerprint density at radius 1 is 1.17 bits per heavy atom. The van der Waals surface area contributed by atoms with Gasteiger partial charge in [0.05, 0.1) is 29.0 Å². The zero-order valence-corrected chi connectivity index (χ0v) is 19.8. The van der Waals surface area contributed by atoms with E-state index in [1.54, 1.807) is 18.2 Å². The van der Waals surface area contributed by atoms with E-state index in [2.05, 4.69) is 4.72 Å². The van der Waals surface area contributed by atoms with Gasteiger partial charge in [-0.3, -0.25) is 4.72 Å². The summed E-state index contributed by atoms with van der Waals surface area (Å²) in [6.45, 7) is 0.585. The van der Waals surface area contributed by atoms with Crippen molar-refractivity contribution >= 4 is 54.4 Å². The average Bonchev–Trinajstić information content (AvgIpc) is 3.20. The predicted octanol–water partition coefficient (Wildman–Crippen LogP) is 2.80. The molecule has 1 fully saturated rings. The summed E-state index contributed by atoms with van der Waals surface area (Å²) >= 11 is 7.10. The van der Waals surface area contributed by atoms with Gasteiger partial charge in [-0.1, -0.05) is 17.7 Å². The van der Waals surface area contributed by atoms with Gasteiger partial charge in [-0.15, -0.1) is 11.3 Å². The molecule has 0 radical (unpaired) electrons. The molecule has 12 heteroatoms. The summed E-state index contributed by atoms with van der Waals surface area (Å²) in [4.78, 5) is 1.93. The minimum Gasteiger partial charge on any atom is -0.394 e. The number of rotatable bonds is 7. The van der Waals surface area contributed by atoms with E-state index in [1.807, 2.05) is 4.90 Å². The first-order valence-corrected chi connectivity index (χ1v) is 13.4. The Bertz CT molecular complexity index is 1120. The summed E-state index contributed by atoms with van der Waals surface area (Å²) in [6.07, 6.45) is 2.67. The molecule has 1 saturated heterocycles. The lowest BCUT2D eigenvalue weighted by atomic mass is 10.0. The summed E-state index contributed by atoms with van der Waals surface area (Å²) in [5, 5.41) is 10.1. The number of hydrogen-bond acceptors (Lipinski definition) is 7. The van der Waals surface area contributed by atoms with Crippen LogP contribution in [-0.2, 0) is 20.0 Å². The number of thiophene rings is 1. The molecule has 1 aliphatic heterocycles. The lowest BCUT2D eigenvalue weighted by molar-refractivity contribution is 0.240. The molecule has 166 valence electrons. The van der Waals surface area contributed by atoms with E-state index in [1.165, 1.54) is 26.2 Å². The Balaban J connectivity index is 1.97. The van der Waals surface area contributed by atoms with Crippen LogP contribution in [0, 0.1) is 0 Å². The molecule has 1 unspecified atom stereocenters. The molecule has 0 amide bonds. The summed E-state index contributed by atoms with van der Waals surface area (Å²) in [6, 6.07) is 7.31. The van der Waals surface area contributed by atoms with Gasteiger partial charge in [0.25, 0.3) is 20.0 Å². The molecule has 0 saturated carbocycles. The van der Waals surface area contributed by atoms with Crippen molar-refractivity contribution in [2.45, 2.75) is 33.7 Å². The maximum atomic E-state index is 13.0. The van der Waals surface area contributed by atoms with Gasteiger partial charge >= 0.3 is 0 Å². The van der Waals surface area contributed by atoms with E-state index >= 15 is 0 Å². The molecule has 2 heterocycles. The predicted molar refractivity (Wildman–Crippen MR) is 120 cm³/mol. The number of benzene rings is 1. The van der Waals surface area contributed by atoms with Crippen molar-refractivity contribution in [2.24, 2.45) is 0 Å². The second-order valence-electron chi connectivity index (χ2n) is 7.13. The van der Waals surface area contributed by atoms with Gasteiger partial charge in [0.2, 0.25) is 0 Å². The Morgan fingerprint density at radius 3 is 2.53 bits per heavy atom. The molecule has 8 nitrogen and oxygen atoms in total. The van der Waals surface area contributed by atoms with Crippen LogP contribution in [0.2, 0.25) is 5.02 Å². The van der Waals surface area contributed by atoms with Gasteiger partial charge in [0.15, 0.2) is 0 Å². The number of nitrogens with zero attached hydrogens (tertiary/aromatic N) is 2. The highest BCUT2D eigenvalue weighted by molar-refractivity contribution is 7.96.